The van der Waals surface area contributed by atoms with Crippen LogP contribution >= 0.6 is 0 Å². The van der Waals surface area contributed by atoms with E-state index in [2.05, 4.69) is 23.7 Å². The molecule has 3 rings (SSSR count). The van der Waals surface area contributed by atoms with Gasteiger partial charge in [0.05, 0.1) is 0 Å². The molecule has 1 spiro atoms. The monoisotopic (exact) mass is 247 g/mol. The summed E-state index contributed by atoms with van der Waals surface area (Å²) in [4.78, 5) is 19.6. The van der Waals surface area contributed by atoms with Crippen LogP contribution in [0.5, 0.6) is 0 Å². The van der Waals surface area contributed by atoms with Crippen molar-refractivity contribution in [2.45, 2.75) is 26.3 Å². The maximum Gasteiger partial charge on any atom is 0.270 e. The van der Waals surface area contributed by atoms with E-state index in [9.17, 15) is 4.79 Å². The summed E-state index contributed by atoms with van der Waals surface area (Å²) in [5.41, 5.74) is 1.09. The largest absolute Gasteiger partial charge is 0.357 e. The Hall–Kier alpha value is -1.29. The first-order chi connectivity index (χ1) is 8.60. The van der Waals surface area contributed by atoms with Crippen molar-refractivity contribution < 1.29 is 4.79 Å². The molecule has 0 unspecified atom stereocenters. The molecule has 4 nitrogen and oxygen atoms in total. The number of aromatic amines is 1. The van der Waals surface area contributed by atoms with Gasteiger partial charge in [-0.05, 0) is 38.9 Å². The summed E-state index contributed by atoms with van der Waals surface area (Å²) in [6, 6.07) is 4.35. The highest BCUT2D eigenvalue weighted by Crippen LogP contribution is 2.40. The summed E-state index contributed by atoms with van der Waals surface area (Å²) in [6.45, 7) is 8.68. The molecule has 3 heterocycles. The fourth-order valence-electron chi connectivity index (χ4n) is 3.21. The number of carbonyl (C=O) groups excluding carboxylic acids is 1. The van der Waals surface area contributed by atoms with Crippen molar-refractivity contribution in [3.05, 3.63) is 24.0 Å². The summed E-state index contributed by atoms with van der Waals surface area (Å²) in [7, 11) is 0. The maximum absolute atomic E-state index is 12.1. The van der Waals surface area contributed by atoms with E-state index in [1.807, 2.05) is 17.0 Å². The van der Waals surface area contributed by atoms with Crippen molar-refractivity contribution in [1.29, 1.82) is 0 Å². The zero-order chi connectivity index (χ0) is 12.8. The number of likely N-dealkylation sites (tertiary alicyclic amines) is 2. The number of aromatic nitrogens is 1. The Bertz CT molecular complexity index is 432. The predicted octanol–water partition coefficient (Wildman–Crippen LogP) is 1.57. The first kappa shape index (κ1) is 11.8. The molecule has 0 radical (unpaired) electrons. The highest BCUT2D eigenvalue weighted by Gasteiger charge is 2.49. The summed E-state index contributed by atoms with van der Waals surface area (Å²) in [6.07, 6.45) is 3.04. The first-order valence-electron chi connectivity index (χ1n) is 6.76. The van der Waals surface area contributed by atoms with Gasteiger partial charge in [0.1, 0.15) is 5.69 Å². The van der Waals surface area contributed by atoms with Crippen molar-refractivity contribution >= 4 is 5.91 Å². The van der Waals surface area contributed by atoms with E-state index < -0.39 is 0 Å². The lowest BCUT2D eigenvalue weighted by atomic mass is 9.79. The summed E-state index contributed by atoms with van der Waals surface area (Å²) in [5.74, 6) is 0.147. The molecule has 2 saturated heterocycles. The van der Waals surface area contributed by atoms with Gasteiger partial charge >= 0.3 is 0 Å². The minimum Gasteiger partial charge on any atom is -0.357 e. The molecule has 1 N–H and O–H groups in total. The van der Waals surface area contributed by atoms with E-state index in [0.29, 0.717) is 17.2 Å². The Morgan fingerprint density at radius 2 is 2.17 bits per heavy atom. The Morgan fingerprint density at radius 3 is 2.72 bits per heavy atom. The number of hydrogen-bond donors (Lipinski definition) is 1. The minimum atomic E-state index is 0.147. The molecule has 18 heavy (non-hydrogen) atoms. The number of rotatable bonds is 2. The van der Waals surface area contributed by atoms with E-state index in [0.717, 1.165) is 19.6 Å². The van der Waals surface area contributed by atoms with Gasteiger partial charge in [-0.2, -0.15) is 0 Å². The molecule has 1 aromatic rings. The summed E-state index contributed by atoms with van der Waals surface area (Å²) in [5, 5.41) is 0. The van der Waals surface area contributed by atoms with Crippen LogP contribution in [0.2, 0.25) is 0 Å². The van der Waals surface area contributed by atoms with Crippen LogP contribution in [0.1, 0.15) is 30.8 Å². The molecule has 4 heteroatoms. The number of H-pyrrole nitrogens is 1. The Morgan fingerprint density at radius 1 is 1.39 bits per heavy atom. The van der Waals surface area contributed by atoms with E-state index in [1.54, 1.807) is 6.20 Å². The molecule has 1 aromatic heterocycles. The Balaban J connectivity index is 1.59. The summed E-state index contributed by atoms with van der Waals surface area (Å²) < 4.78 is 0. The lowest BCUT2D eigenvalue weighted by Gasteiger charge is -2.48. The van der Waals surface area contributed by atoms with E-state index >= 15 is 0 Å². The van der Waals surface area contributed by atoms with E-state index in [-0.39, 0.29) is 5.91 Å². The number of nitrogens with one attached hydrogen (secondary N) is 1. The first-order valence-corrected chi connectivity index (χ1v) is 6.76. The molecule has 1 amide bonds. The van der Waals surface area contributed by atoms with Crippen LogP contribution in [-0.4, -0.2) is 52.9 Å². The molecule has 0 atom stereocenters. The van der Waals surface area contributed by atoms with Crippen molar-refractivity contribution in [2.75, 3.05) is 26.2 Å². The third kappa shape index (κ3) is 1.85. The van der Waals surface area contributed by atoms with Crippen molar-refractivity contribution in [1.82, 2.24) is 14.8 Å². The second kappa shape index (κ2) is 4.12. The SMILES string of the molecule is CC(C)N1CCC2(CN(C(=O)c3ccc[nH]3)C2)C1. The second-order valence-corrected chi connectivity index (χ2v) is 6.06. The molecule has 0 aromatic carbocycles. The average molecular weight is 247 g/mol. The zero-order valence-electron chi connectivity index (χ0n) is 11.1. The average Bonchev–Trinajstić information content (AvgIpc) is 2.95. The lowest BCUT2D eigenvalue weighted by molar-refractivity contribution is 0.00894. The zero-order valence-corrected chi connectivity index (χ0v) is 11.1. The van der Waals surface area contributed by atoms with Crippen molar-refractivity contribution in [3.63, 3.8) is 0 Å². The van der Waals surface area contributed by atoms with Crippen LogP contribution in [0.15, 0.2) is 18.3 Å². The van der Waals surface area contributed by atoms with Gasteiger partial charge in [0.15, 0.2) is 0 Å². The molecular formula is C14H21N3O. The van der Waals surface area contributed by atoms with Gasteiger partial charge in [0, 0.05) is 37.3 Å². The lowest BCUT2D eigenvalue weighted by Crippen LogP contribution is -2.59. The molecular weight excluding hydrogens is 226 g/mol. The third-order valence-electron chi connectivity index (χ3n) is 4.37. The fraction of sp³-hybridized carbons (Fsp3) is 0.643. The molecule has 98 valence electrons. The van der Waals surface area contributed by atoms with Crippen LogP contribution in [0.3, 0.4) is 0 Å². The third-order valence-corrected chi connectivity index (χ3v) is 4.37. The van der Waals surface area contributed by atoms with Gasteiger partial charge in [0.2, 0.25) is 0 Å². The molecule has 2 aliphatic heterocycles. The van der Waals surface area contributed by atoms with Gasteiger partial charge < -0.3 is 14.8 Å². The second-order valence-electron chi connectivity index (χ2n) is 6.06. The Labute approximate surface area is 108 Å². The van der Waals surface area contributed by atoms with Crippen LogP contribution in [0.25, 0.3) is 0 Å². The van der Waals surface area contributed by atoms with Crippen molar-refractivity contribution in [3.8, 4) is 0 Å². The minimum absolute atomic E-state index is 0.147. The van der Waals surface area contributed by atoms with Crippen molar-refractivity contribution in [2.24, 2.45) is 5.41 Å². The molecule has 0 bridgehead atoms. The van der Waals surface area contributed by atoms with Crippen LogP contribution in [-0.2, 0) is 0 Å². The highest BCUT2D eigenvalue weighted by molar-refractivity contribution is 5.93. The quantitative estimate of drug-likeness (QED) is 0.861. The van der Waals surface area contributed by atoms with Crippen LogP contribution in [0, 0.1) is 5.41 Å². The maximum atomic E-state index is 12.1. The normalized spacial score (nSPS) is 22.7. The molecule has 0 saturated carbocycles. The number of carbonyl (C=O) groups is 1. The van der Waals surface area contributed by atoms with Gasteiger partial charge in [0.25, 0.3) is 5.91 Å². The Kier molecular flexibility index (Phi) is 2.70. The number of amides is 1. The predicted molar refractivity (Wildman–Crippen MR) is 70.5 cm³/mol. The number of nitrogens with zero attached hydrogens (tertiary/aromatic N) is 2. The van der Waals surface area contributed by atoms with Gasteiger partial charge in [-0.15, -0.1) is 0 Å². The molecule has 0 aliphatic carbocycles. The molecule has 2 fully saturated rings. The van der Waals surface area contributed by atoms with Crippen LogP contribution in [0.4, 0.5) is 0 Å². The topological polar surface area (TPSA) is 39.3 Å². The van der Waals surface area contributed by atoms with Crippen LogP contribution < -0.4 is 0 Å². The van der Waals surface area contributed by atoms with Gasteiger partial charge in [-0.1, -0.05) is 0 Å². The van der Waals surface area contributed by atoms with Gasteiger partial charge in [-0.3, -0.25) is 4.79 Å². The fourth-order valence-corrected chi connectivity index (χ4v) is 3.21. The number of hydrogen-bond acceptors (Lipinski definition) is 2. The van der Waals surface area contributed by atoms with E-state index in [1.165, 1.54) is 13.0 Å². The smallest absolute Gasteiger partial charge is 0.270 e. The van der Waals surface area contributed by atoms with Gasteiger partial charge in [-0.25, -0.2) is 0 Å². The standard InChI is InChI=1S/C14H21N3O/c1-11(2)16-7-5-14(8-16)9-17(10-14)13(18)12-4-3-6-15-12/h3-4,6,11,15H,5,7-10H2,1-2H3. The summed E-state index contributed by atoms with van der Waals surface area (Å²) >= 11 is 0. The van der Waals surface area contributed by atoms with E-state index in [4.69, 9.17) is 0 Å². The molecule has 2 aliphatic rings. The highest BCUT2D eigenvalue weighted by atomic mass is 16.2.